The summed E-state index contributed by atoms with van der Waals surface area (Å²) < 4.78 is 1.82. The van der Waals surface area contributed by atoms with E-state index in [0.717, 1.165) is 11.4 Å². The average Bonchev–Trinajstić information content (AvgIpc) is 2.77. The fourth-order valence-corrected chi connectivity index (χ4v) is 1.77. The first-order chi connectivity index (χ1) is 8.65. The zero-order chi connectivity index (χ0) is 13.0. The second kappa shape index (κ2) is 5.49. The van der Waals surface area contributed by atoms with Gasteiger partial charge in [0.25, 0.3) is 0 Å². The molecule has 4 nitrogen and oxygen atoms in total. The van der Waals surface area contributed by atoms with Gasteiger partial charge in [-0.3, -0.25) is 9.48 Å². The quantitative estimate of drug-likeness (QED) is 0.897. The molecule has 18 heavy (non-hydrogen) atoms. The third-order valence-electron chi connectivity index (χ3n) is 2.73. The minimum Gasteiger partial charge on any atom is -0.326 e. The van der Waals surface area contributed by atoms with E-state index < -0.39 is 0 Å². The molecule has 0 aliphatic carbocycles. The van der Waals surface area contributed by atoms with Crippen LogP contribution in [0.4, 0.5) is 5.69 Å². The van der Waals surface area contributed by atoms with Gasteiger partial charge in [-0.2, -0.15) is 5.10 Å². The van der Waals surface area contributed by atoms with Crippen molar-refractivity contribution < 1.29 is 4.79 Å². The van der Waals surface area contributed by atoms with Crippen LogP contribution in [-0.4, -0.2) is 15.7 Å². The van der Waals surface area contributed by atoms with Crippen molar-refractivity contribution in [2.24, 2.45) is 0 Å². The van der Waals surface area contributed by atoms with Crippen LogP contribution >= 0.6 is 0 Å². The lowest BCUT2D eigenvalue weighted by Crippen LogP contribution is -2.17. The van der Waals surface area contributed by atoms with Crippen molar-refractivity contribution in [2.75, 3.05) is 5.32 Å². The van der Waals surface area contributed by atoms with Gasteiger partial charge in [-0.15, -0.1) is 0 Å². The van der Waals surface area contributed by atoms with Gasteiger partial charge in [0.1, 0.15) is 0 Å². The number of rotatable bonds is 4. The van der Waals surface area contributed by atoms with Crippen LogP contribution in [0.15, 0.2) is 42.6 Å². The Morgan fingerprint density at radius 1 is 1.33 bits per heavy atom. The zero-order valence-corrected chi connectivity index (χ0v) is 10.6. The van der Waals surface area contributed by atoms with Crippen LogP contribution in [0.1, 0.15) is 25.1 Å². The molecule has 0 saturated carbocycles. The van der Waals surface area contributed by atoms with Crippen molar-refractivity contribution in [1.29, 1.82) is 0 Å². The predicted octanol–water partition coefficient (Wildman–Crippen LogP) is 2.78. The van der Waals surface area contributed by atoms with Crippen molar-refractivity contribution in [2.45, 2.75) is 26.3 Å². The summed E-state index contributed by atoms with van der Waals surface area (Å²) in [5.74, 6) is 0.00172. The maximum Gasteiger partial charge on any atom is 0.226 e. The number of hydrogen-bond donors (Lipinski definition) is 1. The minimum absolute atomic E-state index is 0.00172. The fraction of sp³-hybridized carbons (Fsp3) is 0.286. The summed E-state index contributed by atoms with van der Waals surface area (Å²) >= 11 is 0. The lowest BCUT2D eigenvalue weighted by molar-refractivity contribution is -0.116. The molecule has 1 atom stereocenters. The molecule has 1 N–H and O–H groups in total. The van der Waals surface area contributed by atoms with E-state index in [-0.39, 0.29) is 11.9 Å². The number of anilines is 1. The molecule has 0 aliphatic heterocycles. The smallest absolute Gasteiger partial charge is 0.226 e. The van der Waals surface area contributed by atoms with Crippen molar-refractivity contribution in [1.82, 2.24) is 9.78 Å². The summed E-state index contributed by atoms with van der Waals surface area (Å²) in [6.45, 7) is 3.92. The highest BCUT2D eigenvalue weighted by atomic mass is 16.1. The van der Waals surface area contributed by atoms with E-state index in [0.29, 0.717) is 6.42 Å². The molecule has 0 radical (unpaired) electrons. The number of aromatic nitrogens is 2. The maximum absolute atomic E-state index is 11.9. The number of para-hydroxylation sites is 1. The first kappa shape index (κ1) is 12.4. The lowest BCUT2D eigenvalue weighted by atomic mass is 10.2. The van der Waals surface area contributed by atoms with E-state index in [4.69, 9.17) is 0 Å². The summed E-state index contributed by atoms with van der Waals surface area (Å²) in [7, 11) is 0. The van der Waals surface area contributed by atoms with Gasteiger partial charge in [-0.25, -0.2) is 0 Å². The highest BCUT2D eigenvalue weighted by molar-refractivity contribution is 5.90. The Bertz CT molecular complexity index is 519. The summed E-state index contributed by atoms with van der Waals surface area (Å²) in [6.07, 6.45) is 2.31. The zero-order valence-electron chi connectivity index (χ0n) is 10.6. The largest absolute Gasteiger partial charge is 0.326 e. The predicted molar refractivity (Wildman–Crippen MR) is 71.4 cm³/mol. The molecule has 4 heteroatoms. The molecule has 1 aromatic heterocycles. The van der Waals surface area contributed by atoms with Crippen LogP contribution in [0.25, 0.3) is 0 Å². The number of nitrogens with one attached hydrogen (secondary N) is 1. The Kier molecular flexibility index (Phi) is 3.77. The molecular weight excluding hydrogens is 226 g/mol. The van der Waals surface area contributed by atoms with Crippen LogP contribution < -0.4 is 5.32 Å². The Balaban J connectivity index is 1.92. The van der Waals surface area contributed by atoms with Gasteiger partial charge in [0.15, 0.2) is 0 Å². The van der Waals surface area contributed by atoms with Gasteiger partial charge in [0, 0.05) is 18.3 Å². The van der Waals surface area contributed by atoms with Gasteiger partial charge in [0.05, 0.1) is 11.7 Å². The van der Waals surface area contributed by atoms with Crippen molar-refractivity contribution in [3.63, 3.8) is 0 Å². The normalized spacial score (nSPS) is 12.1. The Labute approximate surface area is 107 Å². The number of carbonyl (C=O) groups excluding carboxylic acids is 1. The standard InChI is InChI=1S/C14H17N3O/c1-11-8-9-17(16-11)12(2)10-14(18)15-13-6-4-3-5-7-13/h3-9,12H,10H2,1-2H3,(H,15,18). The average molecular weight is 243 g/mol. The maximum atomic E-state index is 11.9. The highest BCUT2D eigenvalue weighted by Crippen LogP contribution is 2.12. The topological polar surface area (TPSA) is 46.9 Å². The third-order valence-corrected chi connectivity index (χ3v) is 2.73. The number of hydrogen-bond acceptors (Lipinski definition) is 2. The second-order valence-corrected chi connectivity index (χ2v) is 4.40. The molecule has 1 heterocycles. The van der Waals surface area contributed by atoms with Crippen LogP contribution in [-0.2, 0) is 4.79 Å². The monoisotopic (exact) mass is 243 g/mol. The molecule has 0 bridgehead atoms. The Hall–Kier alpha value is -2.10. The van der Waals surface area contributed by atoms with E-state index in [1.807, 2.05) is 61.1 Å². The van der Waals surface area contributed by atoms with Crippen molar-refractivity contribution in [3.8, 4) is 0 Å². The van der Waals surface area contributed by atoms with E-state index in [1.165, 1.54) is 0 Å². The molecule has 0 fully saturated rings. The van der Waals surface area contributed by atoms with E-state index >= 15 is 0 Å². The number of carbonyl (C=O) groups is 1. The summed E-state index contributed by atoms with van der Waals surface area (Å²) in [6, 6.07) is 11.5. The summed E-state index contributed by atoms with van der Waals surface area (Å²) in [4.78, 5) is 11.9. The van der Waals surface area contributed by atoms with Crippen LogP contribution in [0.3, 0.4) is 0 Å². The van der Waals surface area contributed by atoms with Crippen LogP contribution in [0, 0.1) is 6.92 Å². The number of nitrogens with zero attached hydrogens (tertiary/aromatic N) is 2. The van der Waals surface area contributed by atoms with E-state index in [2.05, 4.69) is 10.4 Å². The van der Waals surface area contributed by atoms with Crippen LogP contribution in [0.2, 0.25) is 0 Å². The first-order valence-electron chi connectivity index (χ1n) is 6.02. The molecule has 2 aromatic rings. The van der Waals surface area contributed by atoms with Crippen LogP contribution in [0.5, 0.6) is 0 Å². The molecular formula is C14H17N3O. The Morgan fingerprint density at radius 3 is 2.67 bits per heavy atom. The van der Waals surface area contributed by atoms with Gasteiger partial charge in [0.2, 0.25) is 5.91 Å². The molecule has 2 rings (SSSR count). The van der Waals surface area contributed by atoms with Gasteiger partial charge < -0.3 is 5.32 Å². The number of benzene rings is 1. The first-order valence-corrected chi connectivity index (χ1v) is 6.02. The fourth-order valence-electron chi connectivity index (χ4n) is 1.77. The molecule has 1 amide bonds. The van der Waals surface area contributed by atoms with E-state index in [9.17, 15) is 4.79 Å². The molecule has 0 saturated heterocycles. The highest BCUT2D eigenvalue weighted by Gasteiger charge is 2.11. The third kappa shape index (κ3) is 3.20. The van der Waals surface area contributed by atoms with E-state index in [1.54, 1.807) is 0 Å². The summed E-state index contributed by atoms with van der Waals surface area (Å²) in [5.41, 5.74) is 1.79. The molecule has 1 unspecified atom stereocenters. The molecule has 1 aromatic carbocycles. The Morgan fingerprint density at radius 2 is 2.06 bits per heavy atom. The second-order valence-electron chi connectivity index (χ2n) is 4.40. The molecule has 94 valence electrons. The van der Waals surface area contributed by atoms with Gasteiger partial charge in [-0.05, 0) is 32.0 Å². The molecule has 0 aliphatic rings. The number of amides is 1. The SMILES string of the molecule is Cc1ccn(C(C)CC(=O)Nc2ccccc2)n1. The molecule has 0 spiro atoms. The van der Waals surface area contributed by atoms with Gasteiger partial charge in [-0.1, -0.05) is 18.2 Å². The minimum atomic E-state index is 0.00172. The van der Waals surface area contributed by atoms with Crippen molar-refractivity contribution >= 4 is 11.6 Å². The van der Waals surface area contributed by atoms with Crippen molar-refractivity contribution in [3.05, 3.63) is 48.3 Å². The number of aryl methyl sites for hydroxylation is 1. The summed E-state index contributed by atoms with van der Waals surface area (Å²) in [5, 5.41) is 7.18. The van der Waals surface area contributed by atoms with Gasteiger partial charge >= 0.3 is 0 Å². The lowest BCUT2D eigenvalue weighted by Gasteiger charge is -2.12.